The second kappa shape index (κ2) is 6.12. The van der Waals surface area contributed by atoms with Crippen LogP contribution < -0.4 is 0 Å². The molecule has 21 heavy (non-hydrogen) atoms. The largest absolute Gasteiger partial charge is 0.416 e. The van der Waals surface area contributed by atoms with Crippen LogP contribution in [-0.4, -0.2) is 5.11 Å². The van der Waals surface area contributed by atoms with Crippen LogP contribution in [0.5, 0.6) is 0 Å². The van der Waals surface area contributed by atoms with Crippen molar-refractivity contribution >= 4 is 11.8 Å². The molecule has 0 saturated carbocycles. The van der Waals surface area contributed by atoms with Gasteiger partial charge >= 0.3 is 6.18 Å². The Balaban J connectivity index is 2.34. The van der Waals surface area contributed by atoms with Crippen molar-refractivity contribution in [1.82, 2.24) is 0 Å². The molecular weight excluding hydrogens is 297 g/mol. The summed E-state index contributed by atoms with van der Waals surface area (Å²) in [5.41, 5.74) is 1.36. The molecule has 2 aromatic rings. The van der Waals surface area contributed by atoms with Gasteiger partial charge in [-0.3, -0.25) is 0 Å². The van der Waals surface area contributed by atoms with Crippen LogP contribution in [0.1, 0.15) is 22.3 Å². The van der Waals surface area contributed by atoms with Crippen LogP contribution in [0.2, 0.25) is 0 Å². The minimum Gasteiger partial charge on any atom is -0.392 e. The van der Waals surface area contributed by atoms with Gasteiger partial charge in [0, 0.05) is 9.79 Å². The topological polar surface area (TPSA) is 20.2 Å². The molecule has 0 amide bonds. The highest BCUT2D eigenvalue weighted by Crippen LogP contribution is 2.37. The molecule has 0 radical (unpaired) electrons. The van der Waals surface area contributed by atoms with Gasteiger partial charge in [-0.05, 0) is 54.8 Å². The fourth-order valence-corrected chi connectivity index (χ4v) is 2.89. The van der Waals surface area contributed by atoms with Gasteiger partial charge in [0.2, 0.25) is 0 Å². The summed E-state index contributed by atoms with van der Waals surface area (Å²) in [5.74, 6) is 0. The number of hydrogen-bond acceptors (Lipinski definition) is 2. The van der Waals surface area contributed by atoms with Crippen LogP contribution in [0.25, 0.3) is 0 Å². The van der Waals surface area contributed by atoms with Crippen molar-refractivity contribution in [2.75, 3.05) is 0 Å². The number of rotatable bonds is 3. The van der Waals surface area contributed by atoms with Gasteiger partial charge in [-0.15, -0.1) is 0 Å². The van der Waals surface area contributed by atoms with E-state index in [1.54, 1.807) is 6.07 Å². The predicted molar refractivity (Wildman–Crippen MR) is 77.4 cm³/mol. The van der Waals surface area contributed by atoms with Crippen molar-refractivity contribution in [1.29, 1.82) is 0 Å². The zero-order chi connectivity index (χ0) is 15.6. The van der Waals surface area contributed by atoms with Gasteiger partial charge in [0.15, 0.2) is 0 Å². The maximum absolute atomic E-state index is 13.0. The fraction of sp³-hybridized carbons (Fsp3) is 0.250. The van der Waals surface area contributed by atoms with Gasteiger partial charge in [0.25, 0.3) is 0 Å². The monoisotopic (exact) mass is 312 g/mol. The molecule has 1 nitrogen and oxygen atoms in total. The number of benzene rings is 2. The van der Waals surface area contributed by atoms with E-state index in [1.165, 1.54) is 17.8 Å². The molecule has 0 bridgehead atoms. The summed E-state index contributed by atoms with van der Waals surface area (Å²) in [6, 6.07) is 9.80. The summed E-state index contributed by atoms with van der Waals surface area (Å²) in [6.07, 6.45) is -4.46. The third kappa shape index (κ3) is 3.80. The molecule has 0 atom stereocenters. The number of aryl methyl sites for hydroxylation is 2. The zero-order valence-corrected chi connectivity index (χ0v) is 12.5. The Morgan fingerprint density at radius 2 is 1.57 bits per heavy atom. The Bertz CT molecular complexity index is 650. The van der Waals surface area contributed by atoms with Crippen LogP contribution in [-0.2, 0) is 12.8 Å². The lowest BCUT2D eigenvalue weighted by molar-refractivity contribution is -0.138. The van der Waals surface area contributed by atoms with E-state index >= 15 is 0 Å². The molecule has 0 unspecified atom stereocenters. The quantitative estimate of drug-likeness (QED) is 0.864. The minimum atomic E-state index is -4.46. The molecule has 5 heteroatoms. The normalized spacial score (nSPS) is 11.7. The van der Waals surface area contributed by atoms with E-state index in [9.17, 15) is 13.2 Å². The van der Waals surface area contributed by atoms with Crippen molar-refractivity contribution in [3.05, 3.63) is 58.7 Å². The molecule has 0 aliphatic carbocycles. The molecule has 0 aromatic heterocycles. The lowest BCUT2D eigenvalue weighted by Crippen LogP contribution is -2.09. The second-order valence-corrected chi connectivity index (χ2v) is 5.97. The molecule has 2 rings (SSSR count). The van der Waals surface area contributed by atoms with Crippen molar-refractivity contribution in [3.63, 3.8) is 0 Å². The van der Waals surface area contributed by atoms with E-state index in [-0.39, 0.29) is 5.56 Å². The molecule has 112 valence electrons. The zero-order valence-electron chi connectivity index (χ0n) is 11.7. The van der Waals surface area contributed by atoms with Crippen LogP contribution >= 0.6 is 11.8 Å². The van der Waals surface area contributed by atoms with E-state index in [0.29, 0.717) is 4.90 Å². The van der Waals surface area contributed by atoms with Gasteiger partial charge < -0.3 is 5.11 Å². The minimum absolute atomic E-state index is 0.105. The number of aliphatic hydroxyl groups is 1. The average molecular weight is 312 g/mol. The van der Waals surface area contributed by atoms with Crippen LogP contribution in [0.15, 0.2) is 46.2 Å². The van der Waals surface area contributed by atoms with Crippen molar-refractivity contribution < 1.29 is 18.3 Å². The predicted octanol–water partition coefficient (Wildman–Crippen LogP) is 4.97. The molecular formula is C16H15F3OS. The highest BCUT2D eigenvalue weighted by molar-refractivity contribution is 7.99. The van der Waals surface area contributed by atoms with Crippen molar-refractivity contribution in [3.8, 4) is 0 Å². The van der Waals surface area contributed by atoms with Gasteiger partial charge in [-0.25, -0.2) is 0 Å². The molecule has 0 heterocycles. The summed E-state index contributed by atoms with van der Waals surface area (Å²) in [7, 11) is 0. The smallest absolute Gasteiger partial charge is 0.392 e. The molecule has 0 saturated heterocycles. The summed E-state index contributed by atoms with van der Waals surface area (Å²) >= 11 is 1.28. The number of aliphatic hydroxyl groups excluding tert-OH is 1. The number of alkyl halides is 3. The SMILES string of the molecule is Cc1ccc(Sc2ccc(CO)c(C(F)(F)F)c2)cc1C. The fourth-order valence-electron chi connectivity index (χ4n) is 1.93. The van der Waals surface area contributed by atoms with Crippen molar-refractivity contribution in [2.45, 2.75) is 36.4 Å². The maximum Gasteiger partial charge on any atom is 0.416 e. The Morgan fingerprint density at radius 3 is 2.14 bits per heavy atom. The van der Waals surface area contributed by atoms with Crippen LogP contribution in [0.3, 0.4) is 0 Å². The molecule has 0 aliphatic rings. The molecule has 0 aliphatic heterocycles. The summed E-state index contributed by atoms with van der Waals surface area (Å²) < 4.78 is 38.9. The van der Waals surface area contributed by atoms with E-state index in [4.69, 9.17) is 5.11 Å². The lowest BCUT2D eigenvalue weighted by atomic mass is 10.1. The van der Waals surface area contributed by atoms with E-state index < -0.39 is 18.3 Å². The first-order chi connectivity index (χ1) is 9.81. The molecule has 0 spiro atoms. The third-order valence-electron chi connectivity index (χ3n) is 3.27. The Morgan fingerprint density at radius 1 is 0.952 bits per heavy atom. The number of halogens is 3. The summed E-state index contributed by atoms with van der Waals surface area (Å²) in [5, 5.41) is 9.02. The summed E-state index contributed by atoms with van der Waals surface area (Å²) in [6.45, 7) is 3.33. The number of hydrogen-bond donors (Lipinski definition) is 1. The van der Waals surface area contributed by atoms with Gasteiger partial charge in [-0.2, -0.15) is 13.2 Å². The molecule has 2 aromatic carbocycles. The first kappa shape index (κ1) is 15.9. The van der Waals surface area contributed by atoms with Crippen LogP contribution in [0.4, 0.5) is 13.2 Å². The molecule has 0 fully saturated rings. The Labute approximate surface area is 125 Å². The van der Waals surface area contributed by atoms with Crippen molar-refractivity contribution in [2.24, 2.45) is 0 Å². The Hall–Kier alpha value is -1.46. The van der Waals surface area contributed by atoms with E-state index in [1.807, 2.05) is 32.0 Å². The molecule has 1 N–H and O–H groups in total. The third-order valence-corrected chi connectivity index (χ3v) is 4.25. The van der Waals surface area contributed by atoms with Crippen LogP contribution in [0, 0.1) is 13.8 Å². The first-order valence-corrected chi connectivity index (χ1v) is 7.19. The van der Waals surface area contributed by atoms with Gasteiger partial charge in [-0.1, -0.05) is 23.9 Å². The summed E-state index contributed by atoms with van der Waals surface area (Å²) in [4.78, 5) is 1.39. The first-order valence-electron chi connectivity index (χ1n) is 6.37. The van der Waals surface area contributed by atoms with E-state index in [0.717, 1.165) is 22.1 Å². The lowest BCUT2D eigenvalue weighted by Gasteiger charge is -2.13. The average Bonchev–Trinajstić information content (AvgIpc) is 2.42. The second-order valence-electron chi connectivity index (χ2n) is 4.82. The van der Waals surface area contributed by atoms with Gasteiger partial charge in [0.1, 0.15) is 0 Å². The Kier molecular flexibility index (Phi) is 4.64. The van der Waals surface area contributed by atoms with E-state index in [2.05, 4.69) is 0 Å². The highest BCUT2D eigenvalue weighted by atomic mass is 32.2. The highest BCUT2D eigenvalue weighted by Gasteiger charge is 2.33. The van der Waals surface area contributed by atoms with Gasteiger partial charge in [0.05, 0.1) is 12.2 Å². The standard InChI is InChI=1S/C16H15F3OS/c1-10-3-5-13(7-11(10)2)21-14-6-4-12(9-20)15(8-14)16(17,18)19/h3-8,20H,9H2,1-2H3. The maximum atomic E-state index is 13.0.